The first-order valence-electron chi connectivity index (χ1n) is 7.75. The second-order valence-corrected chi connectivity index (χ2v) is 5.37. The molecule has 25 heavy (non-hydrogen) atoms. The smallest absolute Gasteiger partial charge is 0.265 e. The van der Waals surface area contributed by atoms with Crippen molar-refractivity contribution in [1.29, 1.82) is 0 Å². The van der Waals surface area contributed by atoms with E-state index in [1.807, 2.05) is 6.07 Å². The second kappa shape index (κ2) is 8.19. The summed E-state index contributed by atoms with van der Waals surface area (Å²) >= 11 is 0. The molecule has 1 N–H and O–H groups in total. The highest BCUT2D eigenvalue weighted by Gasteiger charge is 2.19. The van der Waals surface area contributed by atoms with E-state index < -0.39 is 6.10 Å². The summed E-state index contributed by atoms with van der Waals surface area (Å²) in [7, 11) is 3.03. The molecule has 0 aromatic heterocycles. The predicted octanol–water partition coefficient (Wildman–Crippen LogP) is 3.31. The van der Waals surface area contributed by atoms with Gasteiger partial charge in [0.2, 0.25) is 0 Å². The van der Waals surface area contributed by atoms with Crippen LogP contribution in [0.2, 0.25) is 0 Å². The lowest BCUT2D eigenvalue weighted by molar-refractivity contribution is -0.122. The molecule has 0 heterocycles. The topological polar surface area (TPSA) is 73.9 Å². The minimum absolute atomic E-state index is 0.100. The van der Waals surface area contributed by atoms with Gasteiger partial charge in [-0.15, -0.1) is 0 Å². The Hall–Kier alpha value is -3.02. The van der Waals surface area contributed by atoms with Gasteiger partial charge in [-0.3, -0.25) is 9.59 Å². The van der Waals surface area contributed by atoms with Crippen LogP contribution < -0.4 is 19.5 Å². The van der Waals surface area contributed by atoms with Crippen molar-refractivity contribution in [3.63, 3.8) is 0 Å². The summed E-state index contributed by atoms with van der Waals surface area (Å²) in [6.07, 6.45) is -0.776. The lowest BCUT2D eigenvalue weighted by Gasteiger charge is -2.18. The molecule has 0 radical (unpaired) electrons. The summed E-state index contributed by atoms with van der Waals surface area (Å²) in [5, 5.41) is 2.73. The Morgan fingerprint density at radius 3 is 2.20 bits per heavy atom. The third-order valence-electron chi connectivity index (χ3n) is 3.61. The van der Waals surface area contributed by atoms with Gasteiger partial charge in [0.25, 0.3) is 5.91 Å². The van der Waals surface area contributed by atoms with Gasteiger partial charge in [-0.2, -0.15) is 0 Å². The molecule has 2 aromatic carbocycles. The molecule has 0 aliphatic rings. The zero-order valence-corrected chi connectivity index (χ0v) is 14.7. The number of ketones is 1. The number of amides is 1. The number of Topliss-reactive ketones (excluding diaryl/α,β-unsaturated/α-hetero) is 1. The summed E-state index contributed by atoms with van der Waals surface area (Å²) in [5.74, 6) is 1.000. The third kappa shape index (κ3) is 4.50. The number of benzene rings is 2. The number of hydrogen-bond acceptors (Lipinski definition) is 5. The number of rotatable bonds is 7. The van der Waals surface area contributed by atoms with E-state index >= 15 is 0 Å². The van der Waals surface area contributed by atoms with Gasteiger partial charge < -0.3 is 19.5 Å². The maximum Gasteiger partial charge on any atom is 0.265 e. The van der Waals surface area contributed by atoms with Crippen LogP contribution in [-0.4, -0.2) is 32.0 Å². The van der Waals surface area contributed by atoms with E-state index in [9.17, 15) is 9.59 Å². The van der Waals surface area contributed by atoms with Crippen molar-refractivity contribution >= 4 is 17.4 Å². The van der Waals surface area contributed by atoms with Crippen molar-refractivity contribution < 1.29 is 23.8 Å². The molecule has 0 saturated heterocycles. The normalized spacial score (nSPS) is 11.4. The van der Waals surface area contributed by atoms with E-state index in [0.717, 1.165) is 0 Å². The molecule has 0 fully saturated rings. The van der Waals surface area contributed by atoms with Crippen LogP contribution in [0, 0.1) is 0 Å². The van der Waals surface area contributed by atoms with Gasteiger partial charge in [-0.05, 0) is 44.2 Å². The van der Waals surface area contributed by atoms with Crippen LogP contribution in [0.5, 0.6) is 17.2 Å². The van der Waals surface area contributed by atoms with E-state index in [2.05, 4.69) is 5.32 Å². The quantitative estimate of drug-likeness (QED) is 0.781. The molecule has 132 valence electrons. The first kappa shape index (κ1) is 18.3. The molecule has 0 aliphatic heterocycles. The third-order valence-corrected chi connectivity index (χ3v) is 3.61. The highest BCUT2D eigenvalue weighted by atomic mass is 16.5. The number of ether oxygens (including phenoxy) is 3. The van der Waals surface area contributed by atoms with Gasteiger partial charge in [-0.1, -0.05) is 12.1 Å². The summed E-state index contributed by atoms with van der Waals surface area (Å²) in [4.78, 5) is 24.0. The summed E-state index contributed by atoms with van der Waals surface area (Å²) in [6.45, 7) is 3.09. The van der Waals surface area contributed by atoms with Crippen molar-refractivity contribution in [1.82, 2.24) is 0 Å². The molecule has 6 heteroatoms. The number of para-hydroxylation sites is 2. The Morgan fingerprint density at radius 2 is 1.60 bits per heavy atom. The van der Waals surface area contributed by atoms with Crippen LogP contribution in [0.1, 0.15) is 24.2 Å². The van der Waals surface area contributed by atoms with Crippen molar-refractivity contribution in [3.8, 4) is 17.2 Å². The van der Waals surface area contributed by atoms with Crippen molar-refractivity contribution in [2.45, 2.75) is 20.0 Å². The Balaban J connectivity index is 2.15. The fraction of sp³-hybridized carbons (Fsp3) is 0.263. The van der Waals surface area contributed by atoms with Crippen LogP contribution in [0.4, 0.5) is 5.69 Å². The van der Waals surface area contributed by atoms with Crippen molar-refractivity contribution in [2.24, 2.45) is 0 Å². The summed E-state index contributed by atoms with van der Waals surface area (Å²) in [6, 6.07) is 11.9. The van der Waals surface area contributed by atoms with Gasteiger partial charge >= 0.3 is 0 Å². The minimum Gasteiger partial charge on any atom is -0.495 e. The molecule has 6 nitrogen and oxygen atoms in total. The molecule has 0 aliphatic carbocycles. The summed E-state index contributed by atoms with van der Waals surface area (Å²) in [5.41, 5.74) is 0.894. The Kier molecular flexibility index (Phi) is 6.00. The molecule has 0 saturated carbocycles. The number of anilines is 1. The largest absolute Gasteiger partial charge is 0.495 e. The first-order valence-corrected chi connectivity index (χ1v) is 7.75. The molecule has 1 amide bonds. The number of nitrogens with one attached hydrogen (secondary N) is 1. The standard InChI is InChI=1S/C19H21NO5/c1-12(21)14-9-10-16(23-3)15(11-14)20-19(22)13(2)25-18-8-6-5-7-17(18)24-4/h5-11,13H,1-4H3,(H,20,22). The maximum atomic E-state index is 12.4. The highest BCUT2D eigenvalue weighted by molar-refractivity contribution is 5.99. The zero-order valence-electron chi connectivity index (χ0n) is 14.7. The first-order chi connectivity index (χ1) is 12.0. The molecular weight excluding hydrogens is 322 g/mol. The van der Waals surface area contributed by atoms with E-state index in [-0.39, 0.29) is 11.7 Å². The van der Waals surface area contributed by atoms with Crippen LogP contribution in [0.3, 0.4) is 0 Å². The molecule has 2 rings (SSSR count). The van der Waals surface area contributed by atoms with Gasteiger partial charge in [0.1, 0.15) is 5.75 Å². The Labute approximate surface area is 146 Å². The van der Waals surface area contributed by atoms with E-state index in [1.165, 1.54) is 21.1 Å². The van der Waals surface area contributed by atoms with Crippen LogP contribution in [0.15, 0.2) is 42.5 Å². The SMILES string of the molecule is COc1ccc(C(C)=O)cc1NC(=O)C(C)Oc1ccccc1OC. The Morgan fingerprint density at radius 1 is 0.960 bits per heavy atom. The maximum absolute atomic E-state index is 12.4. The second-order valence-electron chi connectivity index (χ2n) is 5.37. The number of hydrogen-bond donors (Lipinski definition) is 1. The monoisotopic (exact) mass is 343 g/mol. The molecular formula is C19H21NO5. The number of carbonyl (C=O) groups is 2. The van der Waals surface area contributed by atoms with E-state index in [1.54, 1.807) is 43.3 Å². The molecule has 1 unspecified atom stereocenters. The van der Waals surface area contributed by atoms with Gasteiger partial charge in [0.05, 0.1) is 19.9 Å². The summed E-state index contributed by atoms with van der Waals surface area (Å²) < 4.78 is 16.1. The lowest BCUT2D eigenvalue weighted by Crippen LogP contribution is -2.30. The zero-order chi connectivity index (χ0) is 18.4. The fourth-order valence-electron chi connectivity index (χ4n) is 2.22. The van der Waals surface area contributed by atoms with Gasteiger partial charge in [0.15, 0.2) is 23.4 Å². The van der Waals surface area contributed by atoms with Crippen molar-refractivity contribution in [2.75, 3.05) is 19.5 Å². The number of carbonyl (C=O) groups excluding carboxylic acids is 2. The molecule has 0 bridgehead atoms. The van der Waals surface area contributed by atoms with E-state index in [0.29, 0.717) is 28.5 Å². The average Bonchev–Trinajstić information content (AvgIpc) is 2.61. The molecule has 2 aromatic rings. The molecule has 1 atom stereocenters. The Bertz CT molecular complexity index is 772. The van der Waals surface area contributed by atoms with Gasteiger partial charge in [-0.25, -0.2) is 0 Å². The van der Waals surface area contributed by atoms with E-state index in [4.69, 9.17) is 14.2 Å². The minimum atomic E-state index is -0.776. The highest BCUT2D eigenvalue weighted by Crippen LogP contribution is 2.28. The molecule has 0 spiro atoms. The van der Waals surface area contributed by atoms with Crippen LogP contribution in [-0.2, 0) is 4.79 Å². The van der Waals surface area contributed by atoms with Crippen LogP contribution in [0.25, 0.3) is 0 Å². The predicted molar refractivity (Wildman–Crippen MR) is 94.7 cm³/mol. The number of methoxy groups -OCH3 is 2. The lowest BCUT2D eigenvalue weighted by atomic mass is 10.1. The van der Waals surface area contributed by atoms with Crippen LogP contribution >= 0.6 is 0 Å². The van der Waals surface area contributed by atoms with Gasteiger partial charge in [0, 0.05) is 5.56 Å². The van der Waals surface area contributed by atoms with Crippen molar-refractivity contribution in [3.05, 3.63) is 48.0 Å². The fourth-order valence-corrected chi connectivity index (χ4v) is 2.22. The average molecular weight is 343 g/mol.